The average Bonchev–Trinajstić information content (AvgIpc) is 2.91. The van der Waals surface area contributed by atoms with Gasteiger partial charge in [0.1, 0.15) is 17.3 Å². The van der Waals surface area contributed by atoms with Gasteiger partial charge in [0.25, 0.3) is 10.0 Å². The zero-order valence-electron chi connectivity index (χ0n) is 20.3. The number of ether oxygens (including phenoxy) is 1. The van der Waals surface area contributed by atoms with Crippen LogP contribution in [0.15, 0.2) is 96.0 Å². The molecule has 3 aromatic carbocycles. The van der Waals surface area contributed by atoms with Crippen molar-refractivity contribution in [1.82, 2.24) is 9.88 Å². The van der Waals surface area contributed by atoms with E-state index in [0.29, 0.717) is 24.2 Å². The minimum absolute atomic E-state index is 0.0523. The molecule has 0 spiro atoms. The number of sulfonamides is 1. The van der Waals surface area contributed by atoms with Gasteiger partial charge in [0.15, 0.2) is 0 Å². The molecule has 1 heterocycles. The van der Waals surface area contributed by atoms with Crippen molar-refractivity contribution in [3.8, 4) is 5.75 Å². The Kier molecular flexibility index (Phi) is 8.53. The van der Waals surface area contributed by atoms with Crippen LogP contribution in [0.4, 0.5) is 5.69 Å². The Morgan fingerprint density at radius 3 is 2.42 bits per heavy atom. The number of hydrogen-bond donors (Lipinski definition) is 1. The molecule has 0 aliphatic heterocycles. The molecule has 0 unspecified atom stereocenters. The number of aliphatic hydroxyl groups excluding tert-OH is 1. The molecule has 4 aromatic rings. The topological polar surface area (TPSA) is 83.0 Å². The lowest BCUT2D eigenvalue weighted by atomic mass is 10.1. The van der Waals surface area contributed by atoms with Crippen molar-refractivity contribution >= 4 is 26.6 Å². The van der Waals surface area contributed by atoms with Crippen LogP contribution in [-0.2, 0) is 16.4 Å². The van der Waals surface area contributed by atoms with Gasteiger partial charge in [0, 0.05) is 24.7 Å². The number of rotatable bonds is 12. The molecule has 0 aliphatic rings. The normalized spacial score (nSPS) is 11.6. The maximum atomic E-state index is 13.9. The molecular formula is C28H31N3O4S. The maximum absolute atomic E-state index is 13.9. The number of hydrogen-bond acceptors (Lipinski definition) is 6. The fourth-order valence-corrected chi connectivity index (χ4v) is 5.75. The minimum atomic E-state index is -3.97. The van der Waals surface area contributed by atoms with E-state index in [1.54, 1.807) is 30.5 Å². The fraction of sp³-hybridized carbons (Fsp3) is 0.250. The van der Waals surface area contributed by atoms with E-state index in [-0.39, 0.29) is 18.0 Å². The highest BCUT2D eigenvalue weighted by molar-refractivity contribution is 7.93. The van der Waals surface area contributed by atoms with Crippen LogP contribution < -0.4 is 9.04 Å². The summed E-state index contributed by atoms with van der Waals surface area (Å²) in [6.07, 6.45) is 2.23. The Labute approximate surface area is 212 Å². The Hall–Kier alpha value is -3.46. The Bertz CT molecular complexity index is 1370. The number of benzene rings is 3. The van der Waals surface area contributed by atoms with Crippen molar-refractivity contribution in [2.24, 2.45) is 0 Å². The summed E-state index contributed by atoms with van der Waals surface area (Å²) < 4.78 is 34.8. The second-order valence-electron chi connectivity index (χ2n) is 8.48. The molecule has 0 saturated carbocycles. The monoisotopic (exact) mass is 505 g/mol. The lowest BCUT2D eigenvalue weighted by Crippen LogP contribution is -2.35. The van der Waals surface area contributed by atoms with Gasteiger partial charge in [-0.3, -0.25) is 9.29 Å². The number of likely N-dealkylation sites (N-methyl/N-ethyl adjacent to an activating group) is 1. The average molecular weight is 506 g/mol. The Morgan fingerprint density at radius 2 is 1.61 bits per heavy atom. The minimum Gasteiger partial charge on any atom is -0.492 e. The van der Waals surface area contributed by atoms with Crippen LogP contribution in [-0.4, -0.2) is 63.3 Å². The third kappa shape index (κ3) is 6.02. The summed E-state index contributed by atoms with van der Waals surface area (Å²) in [5.74, 6) is 0.837. The molecular weight excluding hydrogens is 474 g/mol. The SMILES string of the molecule is CN(CCOc1ccccc1)CCc1ccccc1N(CCO)S(=O)(=O)c1cccc2cccnc12. The number of para-hydroxylation sites is 3. The first-order valence-corrected chi connectivity index (χ1v) is 13.4. The number of fused-ring (bicyclic) bond motifs is 1. The van der Waals surface area contributed by atoms with E-state index in [9.17, 15) is 13.5 Å². The van der Waals surface area contributed by atoms with Gasteiger partial charge < -0.3 is 14.7 Å². The lowest BCUT2D eigenvalue weighted by molar-refractivity contribution is 0.239. The summed E-state index contributed by atoms with van der Waals surface area (Å²) >= 11 is 0. The highest BCUT2D eigenvalue weighted by Crippen LogP contribution is 2.30. The third-order valence-corrected chi connectivity index (χ3v) is 7.82. The first-order valence-electron chi connectivity index (χ1n) is 11.9. The van der Waals surface area contributed by atoms with Crippen molar-refractivity contribution in [3.63, 3.8) is 0 Å². The molecule has 0 fully saturated rings. The number of nitrogens with zero attached hydrogens (tertiary/aromatic N) is 3. The van der Waals surface area contributed by atoms with Gasteiger partial charge in [-0.15, -0.1) is 0 Å². The van der Waals surface area contributed by atoms with E-state index in [1.807, 2.05) is 67.7 Å². The molecule has 1 N–H and O–H groups in total. The Morgan fingerprint density at radius 1 is 0.861 bits per heavy atom. The van der Waals surface area contributed by atoms with Gasteiger partial charge in [-0.25, -0.2) is 8.42 Å². The molecule has 1 aromatic heterocycles. The smallest absolute Gasteiger partial charge is 0.266 e. The van der Waals surface area contributed by atoms with Gasteiger partial charge in [-0.05, 0) is 49.4 Å². The highest BCUT2D eigenvalue weighted by atomic mass is 32.2. The molecule has 0 amide bonds. The number of pyridine rings is 1. The van der Waals surface area contributed by atoms with E-state index in [1.165, 1.54) is 4.31 Å². The summed E-state index contributed by atoms with van der Waals surface area (Å²) in [7, 11) is -1.96. The zero-order chi connectivity index (χ0) is 25.4. The summed E-state index contributed by atoms with van der Waals surface area (Å²) in [5, 5.41) is 10.5. The van der Waals surface area contributed by atoms with E-state index in [2.05, 4.69) is 9.88 Å². The van der Waals surface area contributed by atoms with Crippen LogP contribution in [0.2, 0.25) is 0 Å². The number of aliphatic hydroxyl groups is 1. The molecule has 7 nitrogen and oxygen atoms in total. The molecule has 188 valence electrons. The van der Waals surface area contributed by atoms with Gasteiger partial charge in [-0.1, -0.05) is 54.6 Å². The molecule has 8 heteroatoms. The second kappa shape index (κ2) is 12.0. The summed E-state index contributed by atoms with van der Waals surface area (Å²) in [5.41, 5.74) is 1.87. The third-order valence-electron chi connectivity index (χ3n) is 5.97. The van der Waals surface area contributed by atoms with Crippen LogP contribution in [0.1, 0.15) is 5.56 Å². The molecule has 0 bridgehead atoms. The maximum Gasteiger partial charge on any atom is 0.266 e. The molecule has 0 aliphatic carbocycles. The van der Waals surface area contributed by atoms with Gasteiger partial charge >= 0.3 is 0 Å². The van der Waals surface area contributed by atoms with E-state index in [0.717, 1.165) is 29.8 Å². The van der Waals surface area contributed by atoms with Gasteiger partial charge in [0.2, 0.25) is 0 Å². The Balaban J connectivity index is 1.52. The summed E-state index contributed by atoms with van der Waals surface area (Å²) in [4.78, 5) is 6.61. The number of aromatic nitrogens is 1. The number of anilines is 1. The first kappa shape index (κ1) is 25.6. The van der Waals surface area contributed by atoms with Crippen molar-refractivity contribution in [2.45, 2.75) is 11.3 Å². The first-order chi connectivity index (χ1) is 17.5. The van der Waals surface area contributed by atoms with Gasteiger partial charge in [0.05, 0.1) is 24.4 Å². The predicted octanol–water partition coefficient (Wildman–Crippen LogP) is 3.98. The molecule has 36 heavy (non-hydrogen) atoms. The van der Waals surface area contributed by atoms with Crippen LogP contribution >= 0.6 is 0 Å². The predicted molar refractivity (Wildman–Crippen MR) is 143 cm³/mol. The van der Waals surface area contributed by atoms with Crippen molar-refractivity contribution < 1.29 is 18.3 Å². The highest BCUT2D eigenvalue weighted by Gasteiger charge is 2.28. The van der Waals surface area contributed by atoms with Crippen molar-refractivity contribution in [1.29, 1.82) is 0 Å². The van der Waals surface area contributed by atoms with E-state index in [4.69, 9.17) is 4.74 Å². The van der Waals surface area contributed by atoms with Crippen LogP contribution in [0, 0.1) is 0 Å². The second-order valence-corrected chi connectivity index (χ2v) is 10.3. The fourth-order valence-electron chi connectivity index (χ4n) is 4.09. The van der Waals surface area contributed by atoms with Crippen molar-refractivity contribution in [2.75, 3.05) is 44.2 Å². The quantitative estimate of drug-likeness (QED) is 0.314. The summed E-state index contributed by atoms with van der Waals surface area (Å²) in [6.45, 7) is 1.66. The lowest BCUT2D eigenvalue weighted by Gasteiger charge is -2.27. The molecule has 0 atom stereocenters. The standard InChI is InChI=1S/C28H31N3O4S/c1-30(20-22-35-25-12-3-2-4-13-25)18-16-23-9-5-6-14-26(23)31(19-21-32)36(33,34)27-15-7-10-24-11-8-17-29-28(24)27/h2-15,17,32H,16,18-22H2,1H3. The molecule has 0 saturated heterocycles. The van der Waals surface area contributed by atoms with Crippen molar-refractivity contribution in [3.05, 3.63) is 96.7 Å². The van der Waals surface area contributed by atoms with Crippen LogP contribution in [0.5, 0.6) is 5.75 Å². The molecule has 4 rings (SSSR count). The zero-order valence-corrected chi connectivity index (χ0v) is 21.1. The van der Waals surface area contributed by atoms with Gasteiger partial charge in [-0.2, -0.15) is 0 Å². The van der Waals surface area contributed by atoms with Crippen LogP contribution in [0.3, 0.4) is 0 Å². The molecule has 0 radical (unpaired) electrons. The van der Waals surface area contributed by atoms with Crippen LogP contribution in [0.25, 0.3) is 10.9 Å². The van der Waals surface area contributed by atoms with E-state index < -0.39 is 10.0 Å². The van der Waals surface area contributed by atoms with E-state index >= 15 is 0 Å². The summed E-state index contributed by atoms with van der Waals surface area (Å²) in [6, 6.07) is 25.9. The largest absolute Gasteiger partial charge is 0.492 e.